The average molecular weight is 272 g/mol. The highest BCUT2D eigenvalue weighted by Gasteiger charge is 2.28. The van der Waals surface area contributed by atoms with E-state index in [-0.39, 0.29) is 11.9 Å². The Labute approximate surface area is 117 Å². The molecule has 1 aliphatic heterocycles. The Balaban J connectivity index is 1.91. The SMILES string of the molecule is COc1ccc([C@@H]2C[C@@H](O)c3ccccc3O2)cc1O. The number of aliphatic hydroxyl groups is 1. The summed E-state index contributed by atoms with van der Waals surface area (Å²) in [5, 5.41) is 20.0. The molecule has 2 aromatic rings. The number of fused-ring (bicyclic) bond motifs is 1. The molecule has 2 aromatic carbocycles. The van der Waals surface area contributed by atoms with E-state index in [1.807, 2.05) is 30.3 Å². The lowest BCUT2D eigenvalue weighted by atomic mass is 9.95. The van der Waals surface area contributed by atoms with Crippen LogP contribution in [-0.2, 0) is 0 Å². The van der Waals surface area contributed by atoms with Crippen molar-refractivity contribution in [3.63, 3.8) is 0 Å². The summed E-state index contributed by atoms with van der Waals surface area (Å²) < 4.78 is 10.9. The lowest BCUT2D eigenvalue weighted by Crippen LogP contribution is -2.18. The molecule has 0 saturated heterocycles. The summed E-state index contributed by atoms with van der Waals surface area (Å²) in [5.41, 5.74) is 1.62. The number of aliphatic hydroxyl groups excluding tert-OH is 1. The second kappa shape index (κ2) is 5.06. The van der Waals surface area contributed by atoms with Crippen molar-refractivity contribution in [3.8, 4) is 17.2 Å². The minimum absolute atomic E-state index is 0.0712. The minimum atomic E-state index is -0.561. The van der Waals surface area contributed by atoms with Crippen LogP contribution in [0, 0.1) is 0 Å². The van der Waals surface area contributed by atoms with Crippen molar-refractivity contribution in [1.29, 1.82) is 0 Å². The van der Waals surface area contributed by atoms with Gasteiger partial charge < -0.3 is 19.7 Å². The van der Waals surface area contributed by atoms with Gasteiger partial charge in [-0.05, 0) is 23.8 Å². The number of aromatic hydroxyl groups is 1. The maximum atomic E-state index is 10.2. The molecule has 1 heterocycles. The van der Waals surface area contributed by atoms with Gasteiger partial charge in [0.1, 0.15) is 11.9 Å². The summed E-state index contributed by atoms with van der Waals surface area (Å²) in [4.78, 5) is 0. The van der Waals surface area contributed by atoms with Crippen molar-refractivity contribution < 1.29 is 19.7 Å². The summed E-state index contributed by atoms with van der Waals surface area (Å²) in [6, 6.07) is 12.6. The molecule has 4 nitrogen and oxygen atoms in total. The number of phenolic OH excluding ortho intramolecular Hbond substituents is 1. The molecule has 3 rings (SSSR count). The van der Waals surface area contributed by atoms with Gasteiger partial charge >= 0.3 is 0 Å². The van der Waals surface area contributed by atoms with E-state index in [9.17, 15) is 10.2 Å². The van der Waals surface area contributed by atoms with Crippen LogP contribution in [0.5, 0.6) is 17.2 Å². The van der Waals surface area contributed by atoms with E-state index in [1.165, 1.54) is 7.11 Å². The standard InChI is InChI=1S/C16H16O4/c1-19-15-7-6-10(8-13(15)18)16-9-12(17)11-4-2-3-5-14(11)20-16/h2-8,12,16-18H,9H2,1H3/t12-,16+/m1/s1. The molecule has 0 fully saturated rings. The van der Waals surface area contributed by atoms with Gasteiger partial charge in [-0.2, -0.15) is 0 Å². The lowest BCUT2D eigenvalue weighted by molar-refractivity contribution is 0.0656. The predicted octanol–water partition coefficient (Wildman–Crippen LogP) is 2.96. The summed E-state index contributed by atoms with van der Waals surface area (Å²) in [6.07, 6.45) is -0.381. The van der Waals surface area contributed by atoms with Gasteiger partial charge in [0.05, 0.1) is 13.2 Å². The number of para-hydroxylation sites is 1. The van der Waals surface area contributed by atoms with Crippen LogP contribution in [0.2, 0.25) is 0 Å². The van der Waals surface area contributed by atoms with Crippen LogP contribution in [0.15, 0.2) is 42.5 Å². The summed E-state index contributed by atoms with van der Waals surface area (Å²) in [7, 11) is 1.51. The zero-order chi connectivity index (χ0) is 14.1. The van der Waals surface area contributed by atoms with Gasteiger partial charge in [0.25, 0.3) is 0 Å². The zero-order valence-corrected chi connectivity index (χ0v) is 11.1. The molecule has 2 N–H and O–H groups in total. The Morgan fingerprint density at radius 1 is 1.20 bits per heavy atom. The quantitative estimate of drug-likeness (QED) is 0.882. The molecule has 0 aromatic heterocycles. The first-order valence-corrected chi connectivity index (χ1v) is 6.49. The van der Waals surface area contributed by atoms with Gasteiger partial charge in [-0.15, -0.1) is 0 Å². The second-order valence-corrected chi connectivity index (χ2v) is 4.83. The first-order valence-electron chi connectivity index (χ1n) is 6.49. The first kappa shape index (κ1) is 12.8. The van der Waals surface area contributed by atoms with Crippen LogP contribution < -0.4 is 9.47 Å². The Morgan fingerprint density at radius 3 is 2.75 bits per heavy atom. The van der Waals surface area contributed by atoms with E-state index in [1.54, 1.807) is 12.1 Å². The van der Waals surface area contributed by atoms with Gasteiger partial charge in [-0.25, -0.2) is 0 Å². The molecule has 1 aliphatic rings. The van der Waals surface area contributed by atoms with Gasteiger partial charge in [0.2, 0.25) is 0 Å². The summed E-state index contributed by atoms with van der Waals surface area (Å²) >= 11 is 0. The lowest BCUT2D eigenvalue weighted by Gasteiger charge is -2.30. The third-order valence-electron chi connectivity index (χ3n) is 3.56. The summed E-state index contributed by atoms with van der Waals surface area (Å²) in [6.45, 7) is 0. The molecule has 0 saturated carbocycles. The number of phenols is 1. The van der Waals surface area contributed by atoms with Crippen molar-refractivity contribution in [2.24, 2.45) is 0 Å². The molecule has 0 spiro atoms. The van der Waals surface area contributed by atoms with Gasteiger partial charge in [0.15, 0.2) is 11.5 Å². The highest BCUT2D eigenvalue weighted by molar-refractivity contribution is 5.44. The fraction of sp³-hybridized carbons (Fsp3) is 0.250. The van der Waals surface area contributed by atoms with Crippen LogP contribution in [0.4, 0.5) is 0 Å². The number of ether oxygens (including phenoxy) is 2. The van der Waals surface area contributed by atoms with Gasteiger partial charge in [-0.1, -0.05) is 24.3 Å². The first-order chi connectivity index (χ1) is 9.69. The molecular formula is C16H16O4. The fourth-order valence-corrected chi connectivity index (χ4v) is 2.51. The Bertz CT molecular complexity index is 624. The van der Waals surface area contributed by atoms with E-state index < -0.39 is 6.10 Å². The Hall–Kier alpha value is -2.20. The van der Waals surface area contributed by atoms with Crippen molar-refractivity contribution in [2.75, 3.05) is 7.11 Å². The monoisotopic (exact) mass is 272 g/mol. The molecule has 20 heavy (non-hydrogen) atoms. The highest BCUT2D eigenvalue weighted by Crippen LogP contribution is 2.41. The van der Waals surface area contributed by atoms with Crippen LogP contribution >= 0.6 is 0 Å². The summed E-state index contributed by atoms with van der Waals surface area (Å²) in [5.74, 6) is 1.18. The molecule has 104 valence electrons. The normalized spacial score (nSPS) is 20.9. The van der Waals surface area contributed by atoms with Crippen molar-refractivity contribution in [1.82, 2.24) is 0 Å². The van der Waals surface area contributed by atoms with Crippen LogP contribution in [-0.4, -0.2) is 17.3 Å². The van der Waals surface area contributed by atoms with Crippen molar-refractivity contribution in [3.05, 3.63) is 53.6 Å². The second-order valence-electron chi connectivity index (χ2n) is 4.83. The molecule has 0 aliphatic carbocycles. The van der Waals surface area contributed by atoms with E-state index in [4.69, 9.17) is 9.47 Å². The molecule has 4 heteroatoms. The van der Waals surface area contributed by atoms with Crippen LogP contribution in [0.3, 0.4) is 0 Å². The van der Waals surface area contributed by atoms with Crippen molar-refractivity contribution in [2.45, 2.75) is 18.6 Å². The number of benzene rings is 2. The fourth-order valence-electron chi connectivity index (χ4n) is 2.51. The maximum Gasteiger partial charge on any atom is 0.160 e. The largest absolute Gasteiger partial charge is 0.504 e. The average Bonchev–Trinajstić information content (AvgIpc) is 2.47. The third kappa shape index (κ3) is 2.18. The van der Waals surface area contributed by atoms with E-state index in [0.29, 0.717) is 17.9 Å². The predicted molar refractivity (Wildman–Crippen MR) is 74.0 cm³/mol. The molecule has 0 amide bonds. The van der Waals surface area contributed by atoms with Gasteiger partial charge in [-0.3, -0.25) is 0 Å². The Morgan fingerprint density at radius 2 is 2.00 bits per heavy atom. The van der Waals surface area contributed by atoms with Crippen LogP contribution in [0.25, 0.3) is 0 Å². The Kier molecular flexibility index (Phi) is 3.24. The van der Waals surface area contributed by atoms with Crippen molar-refractivity contribution >= 4 is 0 Å². The number of hydrogen-bond donors (Lipinski definition) is 2. The van der Waals surface area contributed by atoms with E-state index in [2.05, 4.69) is 0 Å². The number of rotatable bonds is 2. The van der Waals surface area contributed by atoms with E-state index >= 15 is 0 Å². The highest BCUT2D eigenvalue weighted by atomic mass is 16.5. The van der Waals surface area contributed by atoms with Crippen LogP contribution in [0.1, 0.15) is 29.8 Å². The molecular weight excluding hydrogens is 256 g/mol. The maximum absolute atomic E-state index is 10.2. The third-order valence-corrected chi connectivity index (χ3v) is 3.56. The zero-order valence-electron chi connectivity index (χ0n) is 11.1. The number of hydrogen-bond acceptors (Lipinski definition) is 4. The van der Waals surface area contributed by atoms with E-state index in [0.717, 1.165) is 11.1 Å². The topological polar surface area (TPSA) is 58.9 Å². The molecule has 0 bridgehead atoms. The minimum Gasteiger partial charge on any atom is -0.504 e. The molecule has 0 radical (unpaired) electrons. The molecule has 0 unspecified atom stereocenters. The van der Waals surface area contributed by atoms with Gasteiger partial charge in [0, 0.05) is 12.0 Å². The number of methoxy groups -OCH3 is 1. The molecule has 2 atom stereocenters. The smallest absolute Gasteiger partial charge is 0.160 e.